The molecule has 0 aliphatic heterocycles. The second-order valence-electron chi connectivity index (χ2n) is 5.78. The predicted molar refractivity (Wildman–Crippen MR) is 88.1 cm³/mol. The number of aromatic nitrogens is 3. The molecule has 0 aliphatic rings. The molecule has 22 heavy (non-hydrogen) atoms. The number of anilines is 1. The summed E-state index contributed by atoms with van der Waals surface area (Å²) in [6, 6.07) is 7.72. The van der Waals surface area contributed by atoms with E-state index in [2.05, 4.69) is 29.5 Å². The number of hydrogen-bond donors (Lipinski definition) is 1. The van der Waals surface area contributed by atoms with E-state index in [9.17, 15) is 4.79 Å². The topological polar surface area (TPSA) is 59.8 Å². The second kappa shape index (κ2) is 7.20. The minimum Gasteiger partial charge on any atom is -0.326 e. The van der Waals surface area contributed by atoms with E-state index < -0.39 is 0 Å². The highest BCUT2D eigenvalue weighted by Crippen LogP contribution is 2.20. The first-order valence-corrected chi connectivity index (χ1v) is 7.88. The van der Waals surface area contributed by atoms with E-state index in [4.69, 9.17) is 0 Å². The van der Waals surface area contributed by atoms with E-state index in [1.807, 2.05) is 42.8 Å². The van der Waals surface area contributed by atoms with Crippen LogP contribution in [0, 0.1) is 5.92 Å². The number of amides is 1. The van der Waals surface area contributed by atoms with Crippen LogP contribution in [0.25, 0.3) is 5.69 Å². The van der Waals surface area contributed by atoms with Gasteiger partial charge in [-0.05, 0) is 37.0 Å². The molecule has 1 aromatic carbocycles. The number of hydrogen-bond acceptors (Lipinski definition) is 3. The van der Waals surface area contributed by atoms with Crippen molar-refractivity contribution in [3.63, 3.8) is 0 Å². The van der Waals surface area contributed by atoms with Gasteiger partial charge in [0, 0.05) is 11.6 Å². The Hall–Kier alpha value is -2.17. The van der Waals surface area contributed by atoms with Crippen molar-refractivity contribution in [1.82, 2.24) is 15.0 Å². The lowest BCUT2D eigenvalue weighted by molar-refractivity contribution is -0.120. The summed E-state index contributed by atoms with van der Waals surface area (Å²) in [6.45, 7) is 8.28. The highest BCUT2D eigenvalue weighted by Gasteiger charge is 2.15. The SMILES string of the molecule is CCC(CC)C(=O)Nc1cccc(-n2nncc2C(C)C)c1. The van der Waals surface area contributed by atoms with E-state index >= 15 is 0 Å². The Morgan fingerprint density at radius 1 is 1.27 bits per heavy atom. The number of nitrogens with one attached hydrogen (secondary N) is 1. The zero-order chi connectivity index (χ0) is 16.1. The van der Waals surface area contributed by atoms with Crippen LogP contribution in [0.15, 0.2) is 30.5 Å². The molecule has 0 atom stereocenters. The van der Waals surface area contributed by atoms with Crippen molar-refractivity contribution in [2.45, 2.75) is 46.5 Å². The zero-order valence-electron chi connectivity index (χ0n) is 13.7. The lowest BCUT2D eigenvalue weighted by Gasteiger charge is -2.14. The molecule has 0 fully saturated rings. The smallest absolute Gasteiger partial charge is 0.227 e. The number of rotatable bonds is 6. The minimum absolute atomic E-state index is 0.0567. The molecule has 0 unspecified atom stereocenters. The Labute approximate surface area is 131 Å². The van der Waals surface area contributed by atoms with Crippen molar-refractivity contribution in [1.29, 1.82) is 0 Å². The first-order valence-electron chi connectivity index (χ1n) is 7.88. The van der Waals surface area contributed by atoms with Crippen LogP contribution in [0.5, 0.6) is 0 Å². The highest BCUT2D eigenvalue weighted by atomic mass is 16.1. The molecule has 118 valence electrons. The van der Waals surface area contributed by atoms with Crippen LogP contribution in [0.2, 0.25) is 0 Å². The molecule has 1 amide bonds. The van der Waals surface area contributed by atoms with Gasteiger partial charge in [-0.3, -0.25) is 4.79 Å². The van der Waals surface area contributed by atoms with Gasteiger partial charge in [-0.1, -0.05) is 39.0 Å². The normalized spacial score (nSPS) is 11.2. The quantitative estimate of drug-likeness (QED) is 0.883. The van der Waals surface area contributed by atoms with Crippen molar-refractivity contribution in [3.05, 3.63) is 36.2 Å². The first kappa shape index (κ1) is 16.2. The van der Waals surface area contributed by atoms with Gasteiger partial charge in [0.2, 0.25) is 5.91 Å². The van der Waals surface area contributed by atoms with Gasteiger partial charge in [0.05, 0.1) is 17.6 Å². The molecule has 0 bridgehead atoms. The van der Waals surface area contributed by atoms with Crippen LogP contribution in [-0.4, -0.2) is 20.9 Å². The van der Waals surface area contributed by atoms with Gasteiger partial charge in [0.15, 0.2) is 0 Å². The largest absolute Gasteiger partial charge is 0.326 e. The summed E-state index contributed by atoms with van der Waals surface area (Å²) >= 11 is 0. The molecule has 1 N–H and O–H groups in total. The standard InChI is InChI=1S/C17H24N4O/c1-5-13(6-2)17(22)19-14-8-7-9-15(10-14)21-16(12(3)4)11-18-20-21/h7-13H,5-6H2,1-4H3,(H,19,22). The molecule has 0 saturated carbocycles. The van der Waals surface area contributed by atoms with Crippen molar-refractivity contribution in [2.75, 3.05) is 5.32 Å². The Kier molecular flexibility index (Phi) is 5.31. The van der Waals surface area contributed by atoms with E-state index in [0.29, 0.717) is 5.92 Å². The lowest BCUT2D eigenvalue weighted by Crippen LogP contribution is -2.21. The molecule has 5 heteroatoms. The molecular weight excluding hydrogens is 276 g/mol. The highest BCUT2D eigenvalue weighted by molar-refractivity contribution is 5.92. The van der Waals surface area contributed by atoms with E-state index in [1.54, 1.807) is 6.20 Å². The zero-order valence-corrected chi connectivity index (χ0v) is 13.7. The van der Waals surface area contributed by atoms with E-state index in [1.165, 1.54) is 0 Å². The maximum atomic E-state index is 12.2. The Morgan fingerprint density at radius 3 is 2.64 bits per heavy atom. The van der Waals surface area contributed by atoms with Crippen LogP contribution in [0.3, 0.4) is 0 Å². The maximum Gasteiger partial charge on any atom is 0.227 e. The van der Waals surface area contributed by atoms with Crippen LogP contribution >= 0.6 is 0 Å². The van der Waals surface area contributed by atoms with Gasteiger partial charge in [-0.2, -0.15) is 0 Å². The molecule has 2 aromatic rings. The number of nitrogens with zero attached hydrogens (tertiary/aromatic N) is 3. The number of benzene rings is 1. The summed E-state index contributed by atoms with van der Waals surface area (Å²) < 4.78 is 1.82. The average molecular weight is 300 g/mol. The number of carbonyl (C=O) groups is 1. The molecule has 5 nitrogen and oxygen atoms in total. The van der Waals surface area contributed by atoms with Gasteiger partial charge in [-0.15, -0.1) is 5.10 Å². The van der Waals surface area contributed by atoms with Gasteiger partial charge in [0.1, 0.15) is 0 Å². The third-order valence-electron chi connectivity index (χ3n) is 3.88. The number of carbonyl (C=O) groups excluding carboxylic acids is 1. The Balaban J connectivity index is 2.23. The molecule has 0 radical (unpaired) electrons. The van der Waals surface area contributed by atoms with Gasteiger partial charge >= 0.3 is 0 Å². The molecule has 0 spiro atoms. The van der Waals surface area contributed by atoms with Crippen LogP contribution < -0.4 is 5.32 Å². The fourth-order valence-electron chi connectivity index (χ4n) is 2.46. The summed E-state index contributed by atoms with van der Waals surface area (Å²) in [4.78, 5) is 12.2. The summed E-state index contributed by atoms with van der Waals surface area (Å²) in [6.07, 6.45) is 3.48. The van der Waals surface area contributed by atoms with Crippen molar-refractivity contribution in [2.24, 2.45) is 5.92 Å². The first-order chi connectivity index (χ1) is 10.6. The molecule has 1 aromatic heterocycles. The van der Waals surface area contributed by atoms with Crippen molar-refractivity contribution < 1.29 is 4.79 Å². The fourth-order valence-corrected chi connectivity index (χ4v) is 2.46. The molecule has 1 heterocycles. The summed E-state index contributed by atoms with van der Waals surface area (Å²) in [5.74, 6) is 0.462. The van der Waals surface area contributed by atoms with E-state index in [-0.39, 0.29) is 11.8 Å². The maximum absolute atomic E-state index is 12.2. The molecule has 0 aliphatic carbocycles. The predicted octanol–water partition coefficient (Wildman–Crippen LogP) is 3.77. The molecule has 2 rings (SSSR count). The van der Waals surface area contributed by atoms with Gasteiger partial charge < -0.3 is 5.32 Å². The van der Waals surface area contributed by atoms with Gasteiger partial charge in [-0.25, -0.2) is 4.68 Å². The lowest BCUT2D eigenvalue weighted by atomic mass is 10.0. The fraction of sp³-hybridized carbons (Fsp3) is 0.471. The summed E-state index contributed by atoms with van der Waals surface area (Å²) in [5, 5.41) is 11.1. The van der Waals surface area contributed by atoms with Crippen molar-refractivity contribution >= 4 is 11.6 Å². The van der Waals surface area contributed by atoms with E-state index in [0.717, 1.165) is 29.9 Å². The van der Waals surface area contributed by atoms with Crippen molar-refractivity contribution in [3.8, 4) is 5.69 Å². The molecular formula is C17H24N4O. The average Bonchev–Trinajstić information content (AvgIpc) is 2.98. The minimum atomic E-state index is 0.0567. The Morgan fingerprint density at radius 2 is 2.00 bits per heavy atom. The third-order valence-corrected chi connectivity index (χ3v) is 3.88. The molecule has 0 saturated heterocycles. The van der Waals surface area contributed by atoms with Gasteiger partial charge in [0.25, 0.3) is 0 Å². The van der Waals surface area contributed by atoms with Crippen LogP contribution in [0.1, 0.15) is 52.1 Å². The van der Waals surface area contributed by atoms with Crippen LogP contribution in [0.4, 0.5) is 5.69 Å². The third kappa shape index (κ3) is 3.53. The monoisotopic (exact) mass is 300 g/mol. The summed E-state index contributed by atoms with van der Waals surface area (Å²) in [7, 11) is 0. The second-order valence-corrected chi connectivity index (χ2v) is 5.78. The Bertz CT molecular complexity index is 629. The van der Waals surface area contributed by atoms with Crippen LogP contribution in [-0.2, 0) is 4.79 Å². The summed E-state index contributed by atoms with van der Waals surface area (Å²) in [5.41, 5.74) is 2.74.